The molecule has 4 nitrogen and oxygen atoms in total. The lowest BCUT2D eigenvalue weighted by Gasteiger charge is -2.05. The number of halogens is 1. The van der Waals surface area contributed by atoms with Crippen molar-refractivity contribution in [3.05, 3.63) is 59.1 Å². The molecule has 2 aromatic carbocycles. The zero-order chi connectivity index (χ0) is 15.2. The van der Waals surface area contributed by atoms with E-state index in [1.165, 1.54) is 18.2 Å². The van der Waals surface area contributed by atoms with Gasteiger partial charge in [-0.2, -0.15) is 0 Å². The number of methoxy groups -OCH3 is 1. The van der Waals surface area contributed by atoms with Crippen LogP contribution in [0.15, 0.2) is 48.5 Å². The van der Waals surface area contributed by atoms with E-state index >= 15 is 0 Å². The van der Waals surface area contributed by atoms with Crippen LogP contribution in [-0.2, 0) is 4.79 Å². The number of anilines is 1. The highest BCUT2D eigenvalue weighted by Crippen LogP contribution is 2.23. The fourth-order valence-corrected chi connectivity index (χ4v) is 1.91. The predicted octanol–water partition coefficient (Wildman–Crippen LogP) is 3.71. The van der Waals surface area contributed by atoms with Crippen molar-refractivity contribution in [2.24, 2.45) is 0 Å². The number of rotatable bonds is 4. The Hall–Kier alpha value is -2.46. The third-order valence-corrected chi connectivity index (χ3v) is 2.98. The van der Waals surface area contributed by atoms with Gasteiger partial charge in [-0.25, -0.2) is 0 Å². The van der Waals surface area contributed by atoms with Crippen molar-refractivity contribution in [1.82, 2.24) is 0 Å². The predicted molar refractivity (Wildman–Crippen MR) is 83.8 cm³/mol. The molecule has 21 heavy (non-hydrogen) atoms. The first-order valence-electron chi connectivity index (χ1n) is 6.20. The quantitative estimate of drug-likeness (QED) is 0.669. The number of benzene rings is 2. The third-order valence-electron chi connectivity index (χ3n) is 2.74. The van der Waals surface area contributed by atoms with Gasteiger partial charge in [-0.05, 0) is 48.5 Å². The fourth-order valence-electron chi connectivity index (χ4n) is 1.73. The summed E-state index contributed by atoms with van der Waals surface area (Å²) < 4.78 is 5.19. The van der Waals surface area contributed by atoms with E-state index in [0.29, 0.717) is 22.0 Å². The van der Waals surface area contributed by atoms with Crippen molar-refractivity contribution in [2.45, 2.75) is 0 Å². The molecule has 108 valence electrons. The van der Waals surface area contributed by atoms with Crippen LogP contribution in [0, 0.1) is 0 Å². The molecule has 0 saturated carbocycles. The lowest BCUT2D eigenvalue weighted by Crippen LogP contribution is -2.07. The number of phenolic OH excluding ortho intramolecular Hbond substituents is 1. The summed E-state index contributed by atoms with van der Waals surface area (Å²) in [7, 11) is 1.55. The van der Waals surface area contributed by atoms with Gasteiger partial charge in [0.1, 0.15) is 11.5 Å². The number of aromatic hydroxyl groups is 1. The molecule has 1 amide bonds. The number of amides is 1. The van der Waals surface area contributed by atoms with Crippen molar-refractivity contribution in [1.29, 1.82) is 0 Å². The van der Waals surface area contributed by atoms with E-state index in [1.807, 2.05) is 0 Å². The Morgan fingerprint density at radius 2 is 1.95 bits per heavy atom. The van der Waals surface area contributed by atoms with Crippen LogP contribution < -0.4 is 10.1 Å². The monoisotopic (exact) mass is 303 g/mol. The van der Waals surface area contributed by atoms with E-state index in [0.717, 1.165) is 0 Å². The third kappa shape index (κ3) is 4.26. The molecule has 0 heterocycles. The maximum Gasteiger partial charge on any atom is 0.248 e. The zero-order valence-corrected chi connectivity index (χ0v) is 12.1. The van der Waals surface area contributed by atoms with Gasteiger partial charge < -0.3 is 15.2 Å². The number of hydrogen-bond donors (Lipinski definition) is 2. The smallest absolute Gasteiger partial charge is 0.248 e. The zero-order valence-electron chi connectivity index (χ0n) is 11.3. The number of ether oxygens (including phenoxy) is 1. The minimum atomic E-state index is -0.289. The normalized spacial score (nSPS) is 10.6. The summed E-state index contributed by atoms with van der Waals surface area (Å²) in [6.07, 6.45) is 3.02. The van der Waals surface area contributed by atoms with Crippen molar-refractivity contribution in [3.63, 3.8) is 0 Å². The maximum atomic E-state index is 11.8. The van der Waals surface area contributed by atoms with Crippen LogP contribution in [0.25, 0.3) is 6.08 Å². The number of carbonyl (C=O) groups excluding carboxylic acids is 1. The van der Waals surface area contributed by atoms with Gasteiger partial charge in [-0.15, -0.1) is 0 Å². The molecule has 0 aliphatic rings. The van der Waals surface area contributed by atoms with Gasteiger partial charge in [0.2, 0.25) is 5.91 Å². The van der Waals surface area contributed by atoms with E-state index < -0.39 is 0 Å². The Bertz CT molecular complexity index is 666. The molecular weight excluding hydrogens is 290 g/mol. The summed E-state index contributed by atoms with van der Waals surface area (Å²) in [5, 5.41) is 12.4. The van der Waals surface area contributed by atoms with Crippen LogP contribution >= 0.6 is 11.6 Å². The second kappa shape index (κ2) is 6.81. The molecule has 0 unspecified atom stereocenters. The highest BCUT2D eigenvalue weighted by molar-refractivity contribution is 6.30. The molecule has 2 aromatic rings. The molecule has 0 saturated heterocycles. The molecule has 2 N–H and O–H groups in total. The minimum absolute atomic E-state index is 0.146. The summed E-state index contributed by atoms with van der Waals surface area (Å²) >= 11 is 5.92. The fraction of sp³-hybridized carbons (Fsp3) is 0.0625. The Morgan fingerprint density at radius 3 is 2.62 bits per heavy atom. The first-order valence-corrected chi connectivity index (χ1v) is 6.58. The highest BCUT2D eigenvalue weighted by atomic mass is 35.5. The Balaban J connectivity index is 2.08. The summed E-state index contributed by atoms with van der Waals surface area (Å²) in [5.74, 6) is 0.489. The Labute approximate surface area is 127 Å². The van der Waals surface area contributed by atoms with Gasteiger partial charge in [-0.3, -0.25) is 4.79 Å². The van der Waals surface area contributed by atoms with Crippen LogP contribution in [0.2, 0.25) is 5.02 Å². The van der Waals surface area contributed by atoms with Crippen molar-refractivity contribution in [3.8, 4) is 11.5 Å². The van der Waals surface area contributed by atoms with Crippen LogP contribution in [0.3, 0.4) is 0 Å². The Kier molecular flexibility index (Phi) is 4.85. The highest BCUT2D eigenvalue weighted by Gasteiger charge is 2.02. The van der Waals surface area contributed by atoms with Crippen LogP contribution in [-0.4, -0.2) is 18.1 Å². The molecule has 0 aliphatic carbocycles. The Morgan fingerprint density at radius 1 is 1.24 bits per heavy atom. The molecule has 0 aliphatic heterocycles. The second-order valence-electron chi connectivity index (χ2n) is 4.26. The van der Waals surface area contributed by atoms with Gasteiger partial charge in [0.05, 0.1) is 7.11 Å². The van der Waals surface area contributed by atoms with Gasteiger partial charge in [0, 0.05) is 22.3 Å². The van der Waals surface area contributed by atoms with E-state index in [-0.39, 0.29) is 11.7 Å². The van der Waals surface area contributed by atoms with Crippen molar-refractivity contribution in [2.75, 3.05) is 12.4 Å². The largest absolute Gasteiger partial charge is 0.508 e. The molecule has 0 aromatic heterocycles. The van der Waals surface area contributed by atoms with Gasteiger partial charge in [-0.1, -0.05) is 11.6 Å². The average Bonchev–Trinajstić information content (AvgIpc) is 2.48. The molecule has 2 rings (SSSR count). The lowest BCUT2D eigenvalue weighted by atomic mass is 10.2. The molecule has 0 bridgehead atoms. The van der Waals surface area contributed by atoms with Gasteiger partial charge in [0.15, 0.2) is 0 Å². The SMILES string of the molecule is COc1ccc(Cl)cc1/C=C/C(=O)Nc1ccc(O)cc1. The first kappa shape index (κ1) is 14.9. The molecular formula is C16H14ClNO3. The number of hydrogen-bond acceptors (Lipinski definition) is 3. The van der Waals surface area contributed by atoms with Crippen molar-refractivity contribution < 1.29 is 14.6 Å². The first-order chi connectivity index (χ1) is 10.1. The van der Waals surface area contributed by atoms with E-state index in [2.05, 4.69) is 5.32 Å². The summed E-state index contributed by atoms with van der Waals surface area (Å²) in [4.78, 5) is 11.8. The summed E-state index contributed by atoms with van der Waals surface area (Å²) in [6, 6.07) is 11.4. The van der Waals surface area contributed by atoms with Gasteiger partial charge in [0.25, 0.3) is 0 Å². The number of carbonyl (C=O) groups is 1. The molecule has 0 radical (unpaired) electrons. The molecule has 0 fully saturated rings. The van der Waals surface area contributed by atoms with Crippen LogP contribution in [0.4, 0.5) is 5.69 Å². The maximum absolute atomic E-state index is 11.8. The summed E-state index contributed by atoms with van der Waals surface area (Å²) in [6.45, 7) is 0. The van der Waals surface area contributed by atoms with E-state index in [4.69, 9.17) is 16.3 Å². The topological polar surface area (TPSA) is 58.6 Å². The lowest BCUT2D eigenvalue weighted by molar-refractivity contribution is -0.111. The van der Waals surface area contributed by atoms with E-state index in [9.17, 15) is 9.90 Å². The number of nitrogens with one attached hydrogen (secondary N) is 1. The minimum Gasteiger partial charge on any atom is -0.508 e. The van der Waals surface area contributed by atoms with E-state index in [1.54, 1.807) is 43.5 Å². The van der Waals surface area contributed by atoms with Gasteiger partial charge >= 0.3 is 0 Å². The van der Waals surface area contributed by atoms with Crippen LogP contribution in [0.5, 0.6) is 11.5 Å². The molecule has 0 spiro atoms. The standard InChI is InChI=1S/C16H14ClNO3/c1-21-15-8-3-12(17)10-11(15)2-9-16(20)18-13-4-6-14(19)7-5-13/h2-10,19H,1H3,(H,18,20)/b9-2+. The summed E-state index contributed by atoms with van der Waals surface area (Å²) in [5.41, 5.74) is 1.31. The van der Waals surface area contributed by atoms with Crippen LogP contribution in [0.1, 0.15) is 5.56 Å². The van der Waals surface area contributed by atoms with Crippen molar-refractivity contribution >= 4 is 29.3 Å². The number of phenols is 1. The molecule has 0 atom stereocenters. The average molecular weight is 304 g/mol. The second-order valence-corrected chi connectivity index (χ2v) is 4.69. The molecule has 5 heteroatoms.